The third-order valence-corrected chi connectivity index (χ3v) is 6.42. The summed E-state index contributed by atoms with van der Waals surface area (Å²) in [6.07, 6.45) is 0. The highest BCUT2D eigenvalue weighted by molar-refractivity contribution is 7.89. The summed E-state index contributed by atoms with van der Waals surface area (Å²) in [7, 11) is -3.65. The lowest BCUT2D eigenvalue weighted by Gasteiger charge is -2.06. The Morgan fingerprint density at radius 1 is 1.04 bits per heavy atom. The fourth-order valence-electron chi connectivity index (χ4n) is 2.62. The van der Waals surface area contributed by atoms with Crippen molar-refractivity contribution in [1.29, 1.82) is 0 Å². The maximum Gasteiger partial charge on any atom is 0.258 e. The van der Waals surface area contributed by atoms with Crippen LogP contribution >= 0.6 is 11.3 Å². The van der Waals surface area contributed by atoms with Crippen molar-refractivity contribution in [2.75, 3.05) is 0 Å². The van der Waals surface area contributed by atoms with Gasteiger partial charge in [-0.2, -0.15) is 4.98 Å². The highest BCUT2D eigenvalue weighted by Crippen LogP contribution is 2.24. The van der Waals surface area contributed by atoms with E-state index in [9.17, 15) is 8.42 Å². The second-order valence-electron chi connectivity index (χ2n) is 6.22. The van der Waals surface area contributed by atoms with E-state index in [0.29, 0.717) is 11.4 Å². The molecule has 0 aliphatic heterocycles. The molecule has 0 aliphatic rings. The molecule has 0 spiro atoms. The van der Waals surface area contributed by atoms with Gasteiger partial charge >= 0.3 is 0 Å². The van der Waals surface area contributed by atoms with Crippen LogP contribution in [0.5, 0.6) is 0 Å². The lowest BCUT2D eigenvalue weighted by molar-refractivity contribution is 0.432. The SMILES string of the molecule is Cc1ccc(-c2noc(-c3cccc(S(=O)(=O)NCc4cccs4)c3)n2)cc1. The molecule has 6 nitrogen and oxygen atoms in total. The van der Waals surface area contributed by atoms with E-state index >= 15 is 0 Å². The lowest BCUT2D eigenvalue weighted by atomic mass is 10.1. The van der Waals surface area contributed by atoms with E-state index in [-0.39, 0.29) is 17.3 Å². The van der Waals surface area contributed by atoms with Crippen molar-refractivity contribution in [3.8, 4) is 22.8 Å². The highest BCUT2D eigenvalue weighted by atomic mass is 32.2. The second kappa shape index (κ2) is 7.67. The van der Waals surface area contributed by atoms with Crippen LogP contribution in [0.2, 0.25) is 0 Å². The number of aryl methyl sites for hydroxylation is 1. The summed E-state index contributed by atoms with van der Waals surface area (Å²) in [5, 5.41) is 5.91. The first-order chi connectivity index (χ1) is 13.5. The number of hydrogen-bond acceptors (Lipinski definition) is 6. The van der Waals surface area contributed by atoms with Crippen LogP contribution < -0.4 is 4.72 Å². The van der Waals surface area contributed by atoms with Gasteiger partial charge in [-0.05, 0) is 36.6 Å². The number of thiophene rings is 1. The second-order valence-corrected chi connectivity index (χ2v) is 9.02. The summed E-state index contributed by atoms with van der Waals surface area (Å²) in [5.74, 6) is 0.727. The van der Waals surface area contributed by atoms with Crippen molar-refractivity contribution in [1.82, 2.24) is 14.9 Å². The van der Waals surface area contributed by atoms with Gasteiger partial charge in [-0.15, -0.1) is 11.3 Å². The van der Waals surface area contributed by atoms with Crippen molar-refractivity contribution < 1.29 is 12.9 Å². The van der Waals surface area contributed by atoms with E-state index in [2.05, 4.69) is 14.9 Å². The number of sulfonamides is 1. The standard InChI is InChI=1S/C20H17N3O3S2/c1-14-7-9-15(10-8-14)19-22-20(26-23-19)16-4-2-6-18(12-16)28(24,25)21-13-17-5-3-11-27-17/h2-12,21H,13H2,1H3. The molecule has 0 fully saturated rings. The van der Waals surface area contributed by atoms with E-state index in [1.165, 1.54) is 23.5 Å². The molecule has 4 aromatic rings. The first-order valence-electron chi connectivity index (χ1n) is 8.54. The average Bonchev–Trinajstić information content (AvgIpc) is 3.39. The maximum atomic E-state index is 12.6. The molecular weight excluding hydrogens is 394 g/mol. The quantitative estimate of drug-likeness (QED) is 0.513. The fourth-order valence-corrected chi connectivity index (χ4v) is 4.41. The Hall–Kier alpha value is -2.81. The minimum absolute atomic E-state index is 0.150. The number of nitrogens with one attached hydrogen (secondary N) is 1. The molecule has 2 aromatic carbocycles. The summed E-state index contributed by atoms with van der Waals surface area (Å²) >= 11 is 1.50. The van der Waals surface area contributed by atoms with Crippen molar-refractivity contribution in [3.63, 3.8) is 0 Å². The molecule has 4 rings (SSSR count). The number of aromatic nitrogens is 2. The number of rotatable bonds is 6. The van der Waals surface area contributed by atoms with Gasteiger partial charge in [-0.1, -0.05) is 47.1 Å². The van der Waals surface area contributed by atoms with Gasteiger partial charge in [0.15, 0.2) is 0 Å². The molecular formula is C20H17N3O3S2. The van der Waals surface area contributed by atoms with E-state index in [1.807, 2.05) is 48.7 Å². The summed E-state index contributed by atoms with van der Waals surface area (Å²) in [6, 6.07) is 18.0. The molecule has 2 aromatic heterocycles. The Balaban J connectivity index is 1.57. The smallest absolute Gasteiger partial charge is 0.258 e. The molecule has 28 heavy (non-hydrogen) atoms. The van der Waals surface area contributed by atoms with Crippen LogP contribution in [0.15, 0.2) is 75.5 Å². The zero-order valence-electron chi connectivity index (χ0n) is 15.0. The van der Waals surface area contributed by atoms with Crippen LogP contribution in [0.25, 0.3) is 22.8 Å². The number of hydrogen-bond donors (Lipinski definition) is 1. The van der Waals surface area contributed by atoms with Gasteiger partial charge in [0, 0.05) is 22.5 Å². The van der Waals surface area contributed by atoms with Crippen molar-refractivity contribution in [3.05, 3.63) is 76.5 Å². The van der Waals surface area contributed by atoms with Crippen molar-refractivity contribution in [2.45, 2.75) is 18.4 Å². The van der Waals surface area contributed by atoms with Crippen LogP contribution in [-0.4, -0.2) is 18.6 Å². The minimum Gasteiger partial charge on any atom is -0.334 e. The Labute approximate surface area is 166 Å². The van der Waals surface area contributed by atoms with E-state index in [4.69, 9.17) is 4.52 Å². The summed E-state index contributed by atoms with van der Waals surface area (Å²) in [6.45, 7) is 2.26. The first kappa shape index (κ1) is 18.5. The predicted octanol–water partition coefficient (Wildman–Crippen LogP) is 4.25. The minimum atomic E-state index is -3.65. The molecule has 2 heterocycles. The Bertz CT molecular complexity index is 1180. The maximum absolute atomic E-state index is 12.6. The Morgan fingerprint density at radius 3 is 2.61 bits per heavy atom. The molecule has 0 radical (unpaired) electrons. The third kappa shape index (κ3) is 4.04. The molecule has 0 saturated carbocycles. The Morgan fingerprint density at radius 2 is 1.86 bits per heavy atom. The molecule has 0 atom stereocenters. The zero-order chi connectivity index (χ0) is 19.6. The monoisotopic (exact) mass is 411 g/mol. The Kier molecular flexibility index (Phi) is 5.08. The molecule has 0 aliphatic carbocycles. The predicted molar refractivity (Wildman–Crippen MR) is 108 cm³/mol. The van der Waals surface area contributed by atoms with Crippen LogP contribution in [0.3, 0.4) is 0 Å². The summed E-state index contributed by atoms with van der Waals surface area (Å²) < 4.78 is 33.1. The number of benzene rings is 2. The van der Waals surface area contributed by atoms with Crippen LogP contribution in [0, 0.1) is 6.92 Å². The van der Waals surface area contributed by atoms with Gasteiger partial charge in [-0.3, -0.25) is 0 Å². The summed E-state index contributed by atoms with van der Waals surface area (Å²) in [5.41, 5.74) is 2.52. The number of nitrogens with zero attached hydrogens (tertiary/aromatic N) is 2. The molecule has 0 saturated heterocycles. The fraction of sp³-hybridized carbons (Fsp3) is 0.100. The topological polar surface area (TPSA) is 85.1 Å². The molecule has 8 heteroatoms. The highest BCUT2D eigenvalue weighted by Gasteiger charge is 2.17. The molecule has 0 unspecified atom stereocenters. The van der Waals surface area contributed by atoms with Crippen molar-refractivity contribution in [2.24, 2.45) is 0 Å². The largest absolute Gasteiger partial charge is 0.334 e. The molecule has 0 amide bonds. The van der Waals surface area contributed by atoms with Crippen LogP contribution in [0.1, 0.15) is 10.4 Å². The summed E-state index contributed by atoms with van der Waals surface area (Å²) in [4.78, 5) is 5.49. The zero-order valence-corrected chi connectivity index (χ0v) is 16.6. The molecule has 142 valence electrons. The van der Waals surface area contributed by atoms with Gasteiger partial charge in [0.05, 0.1) is 4.90 Å². The van der Waals surface area contributed by atoms with Gasteiger partial charge in [-0.25, -0.2) is 13.1 Å². The average molecular weight is 412 g/mol. The van der Waals surface area contributed by atoms with Crippen molar-refractivity contribution >= 4 is 21.4 Å². The first-order valence-corrected chi connectivity index (χ1v) is 10.9. The molecule has 1 N–H and O–H groups in total. The van der Waals surface area contributed by atoms with Gasteiger partial charge < -0.3 is 4.52 Å². The van der Waals surface area contributed by atoms with Crippen LogP contribution in [-0.2, 0) is 16.6 Å². The lowest BCUT2D eigenvalue weighted by Crippen LogP contribution is -2.22. The van der Waals surface area contributed by atoms with Crippen LogP contribution in [0.4, 0.5) is 0 Å². The van der Waals surface area contributed by atoms with Gasteiger partial charge in [0.25, 0.3) is 5.89 Å². The van der Waals surface area contributed by atoms with E-state index < -0.39 is 10.0 Å². The third-order valence-electron chi connectivity index (χ3n) is 4.14. The van der Waals surface area contributed by atoms with E-state index in [0.717, 1.165) is 16.0 Å². The molecule has 0 bridgehead atoms. The normalized spacial score (nSPS) is 11.6. The van der Waals surface area contributed by atoms with E-state index in [1.54, 1.807) is 12.1 Å². The van der Waals surface area contributed by atoms with Gasteiger partial charge in [0.2, 0.25) is 15.8 Å². The van der Waals surface area contributed by atoms with Gasteiger partial charge in [0.1, 0.15) is 0 Å².